The quantitative estimate of drug-likeness (QED) is 0.740. The Hall–Kier alpha value is -1.47. The average Bonchev–Trinajstić information content (AvgIpc) is 2.93. The molecule has 0 aliphatic carbocycles. The number of aromatic nitrogens is 4. The van der Waals surface area contributed by atoms with Gasteiger partial charge in [0.05, 0.1) is 5.75 Å². The standard InChI is InChI=1S/C11H9FN4S2/c1-17-6-9-13-14-11-16(9)15-10(18-11)7-2-4-8(12)5-3-7/h2-5H,6H2,1H3. The van der Waals surface area contributed by atoms with Crippen molar-refractivity contribution in [3.63, 3.8) is 0 Å². The number of nitrogens with zero attached hydrogens (tertiary/aromatic N) is 4. The summed E-state index contributed by atoms with van der Waals surface area (Å²) in [5.74, 6) is 1.36. The summed E-state index contributed by atoms with van der Waals surface area (Å²) in [7, 11) is 0. The first kappa shape index (κ1) is 11.6. The molecular weight excluding hydrogens is 271 g/mol. The Morgan fingerprint density at radius 1 is 1.28 bits per heavy atom. The summed E-state index contributed by atoms with van der Waals surface area (Å²) < 4.78 is 14.6. The van der Waals surface area contributed by atoms with Crippen molar-refractivity contribution in [1.82, 2.24) is 19.8 Å². The molecule has 0 bridgehead atoms. The summed E-state index contributed by atoms with van der Waals surface area (Å²) in [4.78, 5) is 0.762. The van der Waals surface area contributed by atoms with E-state index in [0.717, 1.165) is 27.1 Å². The summed E-state index contributed by atoms with van der Waals surface area (Å²) in [5.41, 5.74) is 0.891. The molecule has 0 saturated carbocycles. The molecular formula is C11H9FN4S2. The van der Waals surface area contributed by atoms with Gasteiger partial charge in [-0.2, -0.15) is 21.4 Å². The number of benzene rings is 1. The smallest absolute Gasteiger partial charge is 0.207 e. The molecule has 4 nitrogen and oxygen atoms in total. The minimum atomic E-state index is -0.246. The predicted molar refractivity (Wildman–Crippen MR) is 71.3 cm³/mol. The van der Waals surface area contributed by atoms with Crippen molar-refractivity contribution >= 4 is 28.1 Å². The summed E-state index contributed by atoms with van der Waals surface area (Å²) in [6, 6.07) is 6.30. The van der Waals surface area contributed by atoms with Gasteiger partial charge in [-0.1, -0.05) is 11.3 Å². The number of hydrogen-bond donors (Lipinski definition) is 0. The largest absolute Gasteiger partial charge is 0.235 e. The number of hydrogen-bond acceptors (Lipinski definition) is 5. The van der Waals surface area contributed by atoms with Crippen LogP contribution in [-0.4, -0.2) is 26.1 Å². The van der Waals surface area contributed by atoms with Crippen LogP contribution in [0.4, 0.5) is 4.39 Å². The Balaban J connectivity index is 2.05. The van der Waals surface area contributed by atoms with E-state index in [2.05, 4.69) is 15.3 Å². The molecule has 0 amide bonds. The van der Waals surface area contributed by atoms with E-state index in [4.69, 9.17) is 0 Å². The predicted octanol–water partition coefficient (Wildman–Crippen LogP) is 2.85. The molecule has 2 aromatic heterocycles. The molecule has 7 heteroatoms. The lowest BCUT2D eigenvalue weighted by Gasteiger charge is -1.94. The molecule has 0 atom stereocenters. The third-order valence-corrected chi connectivity index (χ3v) is 3.91. The fourth-order valence-electron chi connectivity index (χ4n) is 1.59. The SMILES string of the molecule is CSCc1nnc2sc(-c3ccc(F)cc3)nn12. The van der Waals surface area contributed by atoms with Crippen LogP contribution in [0, 0.1) is 5.82 Å². The maximum absolute atomic E-state index is 12.9. The van der Waals surface area contributed by atoms with E-state index < -0.39 is 0 Å². The molecule has 0 aliphatic rings. The van der Waals surface area contributed by atoms with Gasteiger partial charge >= 0.3 is 0 Å². The summed E-state index contributed by atoms with van der Waals surface area (Å²) in [5, 5.41) is 13.4. The molecule has 0 saturated heterocycles. The zero-order valence-corrected chi connectivity index (χ0v) is 11.1. The van der Waals surface area contributed by atoms with Crippen molar-refractivity contribution in [1.29, 1.82) is 0 Å². The van der Waals surface area contributed by atoms with Crippen LogP contribution < -0.4 is 0 Å². The van der Waals surface area contributed by atoms with E-state index in [-0.39, 0.29) is 5.82 Å². The van der Waals surface area contributed by atoms with Crippen LogP contribution in [0.3, 0.4) is 0 Å². The highest BCUT2D eigenvalue weighted by atomic mass is 32.2. The number of thioether (sulfide) groups is 1. The molecule has 0 aliphatic heterocycles. The van der Waals surface area contributed by atoms with Crippen molar-refractivity contribution < 1.29 is 4.39 Å². The fraction of sp³-hybridized carbons (Fsp3) is 0.182. The Kier molecular flexibility index (Phi) is 3.00. The molecule has 0 unspecified atom stereocenters. The van der Waals surface area contributed by atoms with Crippen molar-refractivity contribution in [2.24, 2.45) is 0 Å². The highest BCUT2D eigenvalue weighted by Crippen LogP contribution is 2.25. The summed E-state index contributed by atoms with van der Waals surface area (Å²) >= 11 is 3.12. The van der Waals surface area contributed by atoms with E-state index in [1.54, 1.807) is 28.4 Å². The maximum atomic E-state index is 12.9. The van der Waals surface area contributed by atoms with Gasteiger partial charge in [-0.25, -0.2) is 4.39 Å². The Morgan fingerprint density at radius 3 is 2.78 bits per heavy atom. The lowest BCUT2D eigenvalue weighted by molar-refractivity contribution is 0.628. The van der Waals surface area contributed by atoms with Crippen molar-refractivity contribution in [3.05, 3.63) is 35.9 Å². The third kappa shape index (κ3) is 1.99. The lowest BCUT2D eigenvalue weighted by atomic mass is 10.2. The minimum absolute atomic E-state index is 0.246. The molecule has 92 valence electrons. The Labute approximate surface area is 111 Å². The van der Waals surface area contributed by atoms with Crippen LogP contribution >= 0.6 is 23.1 Å². The van der Waals surface area contributed by atoms with Gasteiger partial charge in [-0.05, 0) is 30.5 Å². The number of rotatable bonds is 3. The van der Waals surface area contributed by atoms with Crippen LogP contribution in [0.5, 0.6) is 0 Å². The highest BCUT2D eigenvalue weighted by Gasteiger charge is 2.12. The van der Waals surface area contributed by atoms with Gasteiger partial charge in [-0.3, -0.25) is 0 Å². The zero-order valence-electron chi connectivity index (χ0n) is 9.50. The van der Waals surface area contributed by atoms with E-state index in [1.807, 2.05) is 6.26 Å². The Bertz CT molecular complexity index is 674. The zero-order chi connectivity index (χ0) is 12.5. The van der Waals surface area contributed by atoms with Crippen LogP contribution in [0.15, 0.2) is 24.3 Å². The molecule has 0 radical (unpaired) electrons. The first-order valence-corrected chi connectivity index (χ1v) is 7.45. The number of halogens is 1. The summed E-state index contributed by atoms with van der Waals surface area (Å²) in [6.07, 6.45) is 2.01. The molecule has 0 N–H and O–H groups in total. The van der Waals surface area contributed by atoms with Gasteiger partial charge in [-0.15, -0.1) is 10.2 Å². The topological polar surface area (TPSA) is 43.1 Å². The van der Waals surface area contributed by atoms with Crippen molar-refractivity contribution in [2.75, 3.05) is 6.26 Å². The van der Waals surface area contributed by atoms with Crippen LogP contribution in [0.25, 0.3) is 15.5 Å². The second-order valence-corrected chi connectivity index (χ2v) is 5.48. The minimum Gasteiger partial charge on any atom is -0.207 e. The van der Waals surface area contributed by atoms with E-state index in [1.165, 1.54) is 23.5 Å². The van der Waals surface area contributed by atoms with Gasteiger partial charge in [0.15, 0.2) is 5.82 Å². The van der Waals surface area contributed by atoms with Crippen LogP contribution in [0.2, 0.25) is 0 Å². The van der Waals surface area contributed by atoms with Gasteiger partial charge in [0.1, 0.15) is 10.8 Å². The van der Waals surface area contributed by atoms with E-state index in [9.17, 15) is 4.39 Å². The van der Waals surface area contributed by atoms with Crippen LogP contribution in [0.1, 0.15) is 5.82 Å². The lowest BCUT2D eigenvalue weighted by Crippen LogP contribution is -1.93. The third-order valence-electron chi connectivity index (χ3n) is 2.42. The summed E-state index contributed by atoms with van der Waals surface area (Å²) in [6.45, 7) is 0. The molecule has 18 heavy (non-hydrogen) atoms. The average molecular weight is 280 g/mol. The first-order chi connectivity index (χ1) is 8.78. The molecule has 3 rings (SSSR count). The van der Waals surface area contributed by atoms with Gasteiger partial charge in [0.2, 0.25) is 4.96 Å². The normalized spacial score (nSPS) is 11.2. The second kappa shape index (κ2) is 4.66. The van der Waals surface area contributed by atoms with Gasteiger partial charge < -0.3 is 0 Å². The Morgan fingerprint density at radius 2 is 2.06 bits per heavy atom. The monoisotopic (exact) mass is 280 g/mol. The van der Waals surface area contributed by atoms with E-state index >= 15 is 0 Å². The fourth-order valence-corrected chi connectivity index (χ4v) is 2.89. The van der Waals surface area contributed by atoms with Gasteiger partial charge in [0.25, 0.3) is 0 Å². The second-order valence-electron chi connectivity index (χ2n) is 3.66. The molecule has 0 fully saturated rings. The van der Waals surface area contributed by atoms with Crippen molar-refractivity contribution in [3.8, 4) is 10.6 Å². The number of fused-ring (bicyclic) bond motifs is 1. The molecule has 0 spiro atoms. The van der Waals surface area contributed by atoms with Crippen molar-refractivity contribution in [2.45, 2.75) is 5.75 Å². The molecule has 1 aromatic carbocycles. The van der Waals surface area contributed by atoms with Crippen LogP contribution in [-0.2, 0) is 5.75 Å². The highest BCUT2D eigenvalue weighted by molar-refractivity contribution is 7.97. The van der Waals surface area contributed by atoms with Gasteiger partial charge in [0, 0.05) is 5.56 Å². The first-order valence-electron chi connectivity index (χ1n) is 5.24. The van der Waals surface area contributed by atoms with E-state index in [0.29, 0.717) is 0 Å². The molecule has 2 heterocycles. The molecule has 3 aromatic rings. The maximum Gasteiger partial charge on any atom is 0.235 e.